The van der Waals surface area contributed by atoms with Crippen LogP contribution in [0.3, 0.4) is 0 Å². The van der Waals surface area contributed by atoms with Gasteiger partial charge in [0.1, 0.15) is 5.82 Å². The fourth-order valence-corrected chi connectivity index (χ4v) is 2.35. The van der Waals surface area contributed by atoms with Crippen molar-refractivity contribution in [3.63, 3.8) is 0 Å². The molecule has 0 radical (unpaired) electrons. The Balaban J connectivity index is 2.52. The van der Waals surface area contributed by atoms with Crippen LogP contribution in [0.1, 0.15) is 53.3 Å². The molecule has 1 aromatic carbocycles. The van der Waals surface area contributed by atoms with Gasteiger partial charge in [-0.1, -0.05) is 41.5 Å². The zero-order chi connectivity index (χ0) is 15.1. The van der Waals surface area contributed by atoms with Crippen LogP contribution < -0.4 is 5.73 Å². The monoisotopic (exact) mass is 273 g/mol. The van der Waals surface area contributed by atoms with Crippen molar-refractivity contribution in [1.82, 2.24) is 9.55 Å². The first-order valence-electron chi connectivity index (χ1n) is 7.46. The second-order valence-corrected chi connectivity index (χ2v) is 7.25. The summed E-state index contributed by atoms with van der Waals surface area (Å²) in [5.74, 6) is 2.15. The third kappa shape index (κ3) is 2.82. The minimum atomic E-state index is 0.290. The summed E-state index contributed by atoms with van der Waals surface area (Å²) in [5.41, 5.74) is 9.15. The zero-order valence-electron chi connectivity index (χ0n) is 13.6. The van der Waals surface area contributed by atoms with Gasteiger partial charge in [-0.2, -0.15) is 0 Å². The summed E-state index contributed by atoms with van der Waals surface area (Å²) >= 11 is 0. The van der Waals surface area contributed by atoms with Gasteiger partial charge >= 0.3 is 0 Å². The number of nitrogens with zero attached hydrogens (tertiary/aromatic N) is 2. The maximum absolute atomic E-state index is 5.88. The van der Waals surface area contributed by atoms with Gasteiger partial charge in [0.2, 0.25) is 0 Å². The standard InChI is InChI=1S/C17H27N3/c1-11(2)16-19-14-9-13(18)7-8-15(14)20(16)10-12(3)17(4,5)6/h7-9,11-12H,10,18H2,1-6H3. The molecule has 2 rings (SSSR count). The van der Waals surface area contributed by atoms with Gasteiger partial charge in [-0.25, -0.2) is 4.98 Å². The Labute approximate surface area is 122 Å². The Morgan fingerprint density at radius 3 is 2.40 bits per heavy atom. The number of hydrogen-bond donors (Lipinski definition) is 1. The maximum Gasteiger partial charge on any atom is 0.112 e. The van der Waals surface area contributed by atoms with E-state index in [1.54, 1.807) is 0 Å². The van der Waals surface area contributed by atoms with E-state index >= 15 is 0 Å². The molecule has 0 fully saturated rings. The quantitative estimate of drug-likeness (QED) is 0.841. The van der Waals surface area contributed by atoms with E-state index in [1.165, 1.54) is 5.52 Å². The molecule has 1 atom stereocenters. The summed E-state index contributed by atoms with van der Waals surface area (Å²) in [4.78, 5) is 4.79. The highest BCUT2D eigenvalue weighted by molar-refractivity contribution is 5.79. The number of aromatic nitrogens is 2. The lowest BCUT2D eigenvalue weighted by molar-refractivity contribution is 0.232. The first-order chi connectivity index (χ1) is 9.20. The van der Waals surface area contributed by atoms with Crippen molar-refractivity contribution < 1.29 is 0 Å². The first kappa shape index (κ1) is 14.9. The molecule has 0 saturated heterocycles. The molecule has 1 aromatic heterocycles. The largest absolute Gasteiger partial charge is 0.399 e. The number of benzene rings is 1. The predicted octanol–water partition coefficient (Wildman–Crippen LogP) is 4.42. The Hall–Kier alpha value is -1.51. The van der Waals surface area contributed by atoms with Gasteiger partial charge < -0.3 is 10.3 Å². The smallest absolute Gasteiger partial charge is 0.112 e. The lowest BCUT2D eigenvalue weighted by atomic mass is 9.82. The second-order valence-electron chi connectivity index (χ2n) is 7.25. The van der Waals surface area contributed by atoms with Gasteiger partial charge in [0.25, 0.3) is 0 Å². The van der Waals surface area contributed by atoms with Crippen LogP contribution in [-0.4, -0.2) is 9.55 Å². The second kappa shape index (κ2) is 5.12. The van der Waals surface area contributed by atoms with Crippen LogP contribution in [0.4, 0.5) is 5.69 Å². The van der Waals surface area contributed by atoms with Crippen LogP contribution in [0, 0.1) is 11.3 Å². The lowest BCUT2D eigenvalue weighted by Gasteiger charge is -2.28. The average molecular weight is 273 g/mol. The third-order valence-electron chi connectivity index (χ3n) is 4.25. The van der Waals surface area contributed by atoms with Crippen LogP contribution in [0.2, 0.25) is 0 Å². The molecule has 110 valence electrons. The topological polar surface area (TPSA) is 43.8 Å². The van der Waals surface area contributed by atoms with Crippen molar-refractivity contribution in [2.24, 2.45) is 11.3 Å². The van der Waals surface area contributed by atoms with E-state index in [9.17, 15) is 0 Å². The summed E-state index contributed by atoms with van der Waals surface area (Å²) in [6, 6.07) is 6.03. The summed E-state index contributed by atoms with van der Waals surface area (Å²) in [5, 5.41) is 0. The number of hydrogen-bond acceptors (Lipinski definition) is 2. The number of imidazole rings is 1. The van der Waals surface area contributed by atoms with Crippen molar-refractivity contribution in [3.05, 3.63) is 24.0 Å². The van der Waals surface area contributed by atoms with Crippen LogP contribution >= 0.6 is 0 Å². The highest BCUT2D eigenvalue weighted by Gasteiger charge is 2.23. The third-order valence-corrected chi connectivity index (χ3v) is 4.25. The molecule has 1 unspecified atom stereocenters. The molecule has 3 nitrogen and oxygen atoms in total. The summed E-state index contributed by atoms with van der Waals surface area (Å²) < 4.78 is 2.37. The van der Waals surface area contributed by atoms with Gasteiger partial charge in [0, 0.05) is 18.2 Å². The maximum atomic E-state index is 5.88. The molecule has 0 aliphatic carbocycles. The zero-order valence-corrected chi connectivity index (χ0v) is 13.6. The van der Waals surface area contributed by atoms with Gasteiger partial charge in [0.05, 0.1) is 11.0 Å². The molecule has 2 aromatic rings. The van der Waals surface area contributed by atoms with E-state index in [0.29, 0.717) is 17.3 Å². The molecule has 0 aliphatic rings. The molecular weight excluding hydrogens is 246 g/mol. The predicted molar refractivity (Wildman–Crippen MR) is 86.9 cm³/mol. The lowest BCUT2D eigenvalue weighted by Crippen LogP contribution is -2.23. The molecular formula is C17H27N3. The first-order valence-corrected chi connectivity index (χ1v) is 7.46. The fourth-order valence-electron chi connectivity index (χ4n) is 2.35. The summed E-state index contributed by atoms with van der Waals surface area (Å²) in [7, 11) is 0. The van der Waals surface area contributed by atoms with E-state index in [1.807, 2.05) is 12.1 Å². The van der Waals surface area contributed by atoms with E-state index in [-0.39, 0.29) is 0 Å². The molecule has 0 aliphatic heterocycles. The molecule has 0 bridgehead atoms. The van der Waals surface area contributed by atoms with E-state index in [4.69, 9.17) is 10.7 Å². The molecule has 3 heteroatoms. The van der Waals surface area contributed by atoms with Crippen LogP contribution in [0.25, 0.3) is 11.0 Å². The molecule has 20 heavy (non-hydrogen) atoms. The van der Waals surface area contributed by atoms with E-state index in [0.717, 1.165) is 23.6 Å². The summed E-state index contributed by atoms with van der Waals surface area (Å²) in [6.07, 6.45) is 0. The van der Waals surface area contributed by atoms with E-state index in [2.05, 4.69) is 52.2 Å². The van der Waals surface area contributed by atoms with Crippen LogP contribution in [0.15, 0.2) is 18.2 Å². The average Bonchev–Trinajstić information content (AvgIpc) is 2.66. The van der Waals surface area contributed by atoms with Crippen molar-refractivity contribution in [2.75, 3.05) is 5.73 Å². The van der Waals surface area contributed by atoms with Gasteiger partial charge in [-0.15, -0.1) is 0 Å². The Kier molecular flexibility index (Phi) is 3.81. The van der Waals surface area contributed by atoms with Crippen molar-refractivity contribution in [2.45, 2.75) is 54.0 Å². The van der Waals surface area contributed by atoms with Crippen molar-refractivity contribution >= 4 is 16.7 Å². The molecule has 1 heterocycles. The summed E-state index contributed by atoms with van der Waals surface area (Å²) in [6.45, 7) is 14.6. The van der Waals surface area contributed by atoms with E-state index < -0.39 is 0 Å². The molecule has 0 amide bonds. The Morgan fingerprint density at radius 1 is 1.20 bits per heavy atom. The van der Waals surface area contributed by atoms with Gasteiger partial charge in [0.15, 0.2) is 0 Å². The Bertz CT molecular complexity index is 602. The number of nitrogens with two attached hydrogens (primary N) is 1. The number of nitrogen functional groups attached to an aromatic ring is 1. The fraction of sp³-hybridized carbons (Fsp3) is 0.588. The highest BCUT2D eigenvalue weighted by Crippen LogP contribution is 2.30. The van der Waals surface area contributed by atoms with Gasteiger partial charge in [-0.3, -0.25) is 0 Å². The van der Waals surface area contributed by atoms with Crippen molar-refractivity contribution in [3.8, 4) is 0 Å². The highest BCUT2D eigenvalue weighted by atomic mass is 15.1. The van der Waals surface area contributed by atoms with Crippen LogP contribution in [-0.2, 0) is 6.54 Å². The SMILES string of the molecule is CC(C)c1nc2cc(N)ccc2n1CC(C)C(C)(C)C. The van der Waals surface area contributed by atoms with Crippen molar-refractivity contribution in [1.29, 1.82) is 0 Å². The number of rotatable bonds is 3. The minimum absolute atomic E-state index is 0.290. The molecule has 2 N–H and O–H groups in total. The normalized spacial score (nSPS) is 14.2. The minimum Gasteiger partial charge on any atom is -0.399 e. The Morgan fingerprint density at radius 2 is 1.85 bits per heavy atom. The number of anilines is 1. The number of fused-ring (bicyclic) bond motifs is 1. The molecule has 0 saturated carbocycles. The molecule has 0 spiro atoms. The van der Waals surface area contributed by atoms with Gasteiger partial charge in [-0.05, 0) is 29.5 Å². The van der Waals surface area contributed by atoms with Crippen LogP contribution in [0.5, 0.6) is 0 Å².